The Morgan fingerprint density at radius 2 is 1.64 bits per heavy atom. The van der Waals surface area contributed by atoms with Crippen LogP contribution in [-0.2, 0) is 0 Å². The standard InChI is InChI=1S/C10H22F2N2/c1-5-14(6-2)7-8(3)13-9(4)10(11)12/h8-10,13H,5-7H2,1-4H3. The Kier molecular flexibility index (Phi) is 7.01. The molecule has 2 atom stereocenters. The van der Waals surface area contributed by atoms with Crippen LogP contribution in [0.1, 0.15) is 27.7 Å². The molecular formula is C10H22F2N2. The van der Waals surface area contributed by atoms with E-state index in [1.54, 1.807) is 0 Å². The van der Waals surface area contributed by atoms with E-state index in [1.165, 1.54) is 6.92 Å². The minimum atomic E-state index is -2.28. The van der Waals surface area contributed by atoms with Crippen molar-refractivity contribution in [1.82, 2.24) is 10.2 Å². The number of halogens is 2. The number of nitrogens with one attached hydrogen (secondary N) is 1. The Hall–Kier alpha value is -0.220. The Bertz CT molecular complexity index is 134. The first-order valence-electron chi connectivity index (χ1n) is 5.27. The van der Waals surface area contributed by atoms with E-state index in [-0.39, 0.29) is 6.04 Å². The molecule has 0 saturated heterocycles. The van der Waals surface area contributed by atoms with E-state index in [9.17, 15) is 8.78 Å². The van der Waals surface area contributed by atoms with Crippen LogP contribution in [0, 0.1) is 0 Å². The van der Waals surface area contributed by atoms with Crippen molar-refractivity contribution in [3.8, 4) is 0 Å². The zero-order valence-corrected chi connectivity index (χ0v) is 9.56. The van der Waals surface area contributed by atoms with Gasteiger partial charge in [-0.2, -0.15) is 0 Å². The van der Waals surface area contributed by atoms with Crippen molar-refractivity contribution >= 4 is 0 Å². The van der Waals surface area contributed by atoms with Gasteiger partial charge in [-0.15, -0.1) is 0 Å². The lowest BCUT2D eigenvalue weighted by molar-refractivity contribution is 0.0972. The fourth-order valence-corrected chi connectivity index (χ4v) is 1.44. The van der Waals surface area contributed by atoms with E-state index in [0.29, 0.717) is 0 Å². The molecule has 2 nitrogen and oxygen atoms in total. The highest BCUT2D eigenvalue weighted by molar-refractivity contribution is 4.72. The molecule has 0 heterocycles. The Balaban J connectivity index is 3.78. The maximum atomic E-state index is 12.2. The molecule has 0 aromatic rings. The summed E-state index contributed by atoms with van der Waals surface area (Å²) < 4.78 is 24.4. The van der Waals surface area contributed by atoms with Gasteiger partial charge in [0, 0.05) is 12.6 Å². The van der Waals surface area contributed by atoms with Gasteiger partial charge in [-0.1, -0.05) is 13.8 Å². The van der Waals surface area contributed by atoms with Gasteiger partial charge < -0.3 is 10.2 Å². The summed E-state index contributed by atoms with van der Waals surface area (Å²) in [5, 5.41) is 2.89. The number of hydrogen-bond acceptors (Lipinski definition) is 2. The van der Waals surface area contributed by atoms with Crippen LogP contribution in [0.3, 0.4) is 0 Å². The number of rotatable bonds is 7. The first kappa shape index (κ1) is 13.8. The molecule has 0 fully saturated rings. The highest BCUT2D eigenvalue weighted by atomic mass is 19.3. The van der Waals surface area contributed by atoms with Gasteiger partial charge in [0.25, 0.3) is 6.43 Å². The first-order chi connectivity index (χ1) is 6.51. The van der Waals surface area contributed by atoms with Gasteiger partial charge in [-0.05, 0) is 26.9 Å². The molecule has 4 heteroatoms. The predicted octanol–water partition coefficient (Wildman–Crippen LogP) is 1.96. The fraction of sp³-hybridized carbons (Fsp3) is 1.00. The molecule has 0 spiro atoms. The second kappa shape index (κ2) is 7.12. The summed E-state index contributed by atoms with van der Waals surface area (Å²) in [6.07, 6.45) is -2.28. The van der Waals surface area contributed by atoms with Gasteiger partial charge in [-0.3, -0.25) is 0 Å². The van der Waals surface area contributed by atoms with Gasteiger partial charge >= 0.3 is 0 Å². The Morgan fingerprint density at radius 1 is 1.14 bits per heavy atom. The number of hydrogen-bond donors (Lipinski definition) is 1. The second-order valence-corrected chi connectivity index (χ2v) is 3.68. The molecule has 0 aromatic heterocycles. The largest absolute Gasteiger partial charge is 0.305 e. The molecule has 0 rings (SSSR count). The summed E-state index contributed by atoms with van der Waals surface area (Å²) in [4.78, 5) is 2.22. The van der Waals surface area contributed by atoms with E-state index >= 15 is 0 Å². The fourth-order valence-electron chi connectivity index (χ4n) is 1.44. The van der Waals surface area contributed by atoms with Crippen molar-refractivity contribution in [2.24, 2.45) is 0 Å². The van der Waals surface area contributed by atoms with E-state index in [4.69, 9.17) is 0 Å². The highest BCUT2D eigenvalue weighted by Crippen LogP contribution is 2.01. The summed E-state index contributed by atoms with van der Waals surface area (Å²) in [6.45, 7) is 10.4. The molecule has 0 amide bonds. The van der Waals surface area contributed by atoms with Crippen LogP contribution in [0.5, 0.6) is 0 Å². The third kappa shape index (κ3) is 5.50. The van der Waals surface area contributed by atoms with Crippen molar-refractivity contribution in [3.05, 3.63) is 0 Å². The zero-order valence-electron chi connectivity index (χ0n) is 9.56. The SMILES string of the molecule is CCN(CC)CC(C)NC(C)C(F)F. The van der Waals surface area contributed by atoms with E-state index in [2.05, 4.69) is 24.1 Å². The number of likely N-dealkylation sites (N-methyl/N-ethyl adjacent to an activating group) is 1. The first-order valence-corrected chi connectivity index (χ1v) is 5.27. The van der Waals surface area contributed by atoms with E-state index in [1.807, 2.05) is 6.92 Å². The van der Waals surface area contributed by atoms with Crippen molar-refractivity contribution < 1.29 is 8.78 Å². The molecule has 0 aliphatic heterocycles. The van der Waals surface area contributed by atoms with Gasteiger partial charge in [0.1, 0.15) is 0 Å². The van der Waals surface area contributed by atoms with E-state index < -0.39 is 12.5 Å². The average molecular weight is 208 g/mol. The van der Waals surface area contributed by atoms with Crippen LogP contribution in [0.2, 0.25) is 0 Å². The van der Waals surface area contributed by atoms with Gasteiger partial charge in [0.2, 0.25) is 0 Å². The van der Waals surface area contributed by atoms with Crippen LogP contribution < -0.4 is 5.32 Å². The van der Waals surface area contributed by atoms with Crippen molar-refractivity contribution in [1.29, 1.82) is 0 Å². The Labute approximate surface area is 85.7 Å². The lowest BCUT2D eigenvalue weighted by atomic mass is 10.2. The molecule has 0 aliphatic carbocycles. The van der Waals surface area contributed by atoms with Crippen molar-refractivity contribution in [2.75, 3.05) is 19.6 Å². The summed E-state index contributed by atoms with van der Waals surface area (Å²) in [6, 6.07) is -0.612. The Morgan fingerprint density at radius 3 is 2.00 bits per heavy atom. The molecule has 1 N–H and O–H groups in total. The summed E-state index contributed by atoms with van der Waals surface area (Å²) in [5.41, 5.74) is 0. The summed E-state index contributed by atoms with van der Waals surface area (Å²) in [7, 11) is 0. The topological polar surface area (TPSA) is 15.3 Å². The smallest absolute Gasteiger partial charge is 0.253 e. The predicted molar refractivity (Wildman–Crippen MR) is 55.9 cm³/mol. The van der Waals surface area contributed by atoms with E-state index in [0.717, 1.165) is 19.6 Å². The second-order valence-electron chi connectivity index (χ2n) is 3.68. The highest BCUT2D eigenvalue weighted by Gasteiger charge is 2.17. The van der Waals surface area contributed by atoms with Crippen LogP contribution >= 0.6 is 0 Å². The third-order valence-corrected chi connectivity index (χ3v) is 2.35. The third-order valence-electron chi connectivity index (χ3n) is 2.35. The summed E-state index contributed by atoms with van der Waals surface area (Å²) >= 11 is 0. The van der Waals surface area contributed by atoms with Crippen LogP contribution in [0.25, 0.3) is 0 Å². The number of nitrogens with zero attached hydrogens (tertiary/aromatic N) is 1. The zero-order chi connectivity index (χ0) is 11.1. The average Bonchev–Trinajstić information content (AvgIpc) is 2.13. The van der Waals surface area contributed by atoms with Crippen molar-refractivity contribution in [3.63, 3.8) is 0 Å². The van der Waals surface area contributed by atoms with Crippen LogP contribution in [0.15, 0.2) is 0 Å². The molecule has 14 heavy (non-hydrogen) atoms. The molecule has 86 valence electrons. The molecule has 2 unspecified atom stereocenters. The molecule has 0 aliphatic rings. The van der Waals surface area contributed by atoms with Gasteiger partial charge in [-0.25, -0.2) is 8.78 Å². The molecular weight excluding hydrogens is 186 g/mol. The van der Waals surface area contributed by atoms with Crippen LogP contribution in [0.4, 0.5) is 8.78 Å². The van der Waals surface area contributed by atoms with Crippen LogP contribution in [-0.4, -0.2) is 43.0 Å². The maximum Gasteiger partial charge on any atom is 0.253 e. The molecule has 0 radical (unpaired) electrons. The minimum absolute atomic E-state index is 0.110. The molecule has 0 saturated carbocycles. The monoisotopic (exact) mass is 208 g/mol. The van der Waals surface area contributed by atoms with Gasteiger partial charge in [0.05, 0.1) is 6.04 Å². The maximum absolute atomic E-state index is 12.2. The molecule has 0 bridgehead atoms. The normalized spacial score (nSPS) is 16.3. The molecule has 0 aromatic carbocycles. The number of alkyl halides is 2. The lowest BCUT2D eigenvalue weighted by Gasteiger charge is -2.25. The van der Waals surface area contributed by atoms with Gasteiger partial charge in [0.15, 0.2) is 0 Å². The quantitative estimate of drug-likeness (QED) is 0.688. The lowest BCUT2D eigenvalue weighted by Crippen LogP contribution is -2.45. The summed E-state index contributed by atoms with van der Waals surface area (Å²) in [5.74, 6) is 0. The van der Waals surface area contributed by atoms with Crippen molar-refractivity contribution in [2.45, 2.75) is 46.2 Å². The minimum Gasteiger partial charge on any atom is -0.305 e.